The van der Waals surface area contributed by atoms with Gasteiger partial charge in [-0.05, 0) is 60.7 Å². The molecule has 1 aromatic heterocycles. The van der Waals surface area contributed by atoms with Crippen LogP contribution in [0, 0.1) is 0 Å². The molecular weight excluding hydrogens is 506 g/mol. The van der Waals surface area contributed by atoms with Crippen molar-refractivity contribution in [3.8, 4) is 5.69 Å². The van der Waals surface area contributed by atoms with E-state index in [-0.39, 0.29) is 17.2 Å². The van der Waals surface area contributed by atoms with Gasteiger partial charge in [0.05, 0.1) is 38.7 Å². The molecule has 0 unspecified atom stereocenters. The molecule has 1 N–H and O–H groups in total. The van der Waals surface area contributed by atoms with Crippen LogP contribution in [0.3, 0.4) is 0 Å². The average molecular weight is 526 g/mol. The number of thioether (sulfide) groups is 1. The maximum atomic E-state index is 13.3. The first kappa shape index (κ1) is 24.4. The number of fused-ring (bicyclic) bond motifs is 1. The molecule has 0 radical (unpaired) electrons. The zero-order chi connectivity index (χ0) is 25.6. The molecule has 0 atom stereocenters. The summed E-state index contributed by atoms with van der Waals surface area (Å²) in [6, 6.07) is 30.7. The summed E-state index contributed by atoms with van der Waals surface area (Å²) in [5.41, 5.74) is 2.87. The molecule has 0 saturated heterocycles. The van der Waals surface area contributed by atoms with E-state index in [0.29, 0.717) is 38.1 Å². The number of carbonyl (C=O) groups is 1. The quantitative estimate of drug-likeness (QED) is 0.138. The molecule has 0 spiro atoms. The third-order valence-corrected chi connectivity index (χ3v) is 6.62. The van der Waals surface area contributed by atoms with Gasteiger partial charge in [0, 0.05) is 5.69 Å². The fourth-order valence-corrected chi connectivity index (χ4v) is 4.63. The van der Waals surface area contributed by atoms with E-state index in [1.807, 2.05) is 36.4 Å². The van der Waals surface area contributed by atoms with E-state index in [9.17, 15) is 9.59 Å². The third kappa shape index (κ3) is 5.77. The minimum Gasteiger partial charge on any atom is -0.325 e. The highest BCUT2D eigenvalue weighted by atomic mass is 35.5. The second-order valence-corrected chi connectivity index (χ2v) is 9.27. The predicted molar refractivity (Wildman–Crippen MR) is 149 cm³/mol. The topological polar surface area (TPSA) is 88.7 Å². The van der Waals surface area contributed by atoms with Crippen LogP contribution in [0.2, 0.25) is 5.02 Å². The number of para-hydroxylation sites is 2. The van der Waals surface area contributed by atoms with Gasteiger partial charge in [-0.2, -0.15) is 10.2 Å². The largest absolute Gasteiger partial charge is 0.325 e. The summed E-state index contributed by atoms with van der Waals surface area (Å²) in [6.07, 6.45) is 0. The van der Waals surface area contributed by atoms with Gasteiger partial charge in [0.1, 0.15) is 0 Å². The van der Waals surface area contributed by atoms with Crippen LogP contribution in [-0.2, 0) is 4.79 Å². The zero-order valence-electron chi connectivity index (χ0n) is 19.4. The van der Waals surface area contributed by atoms with Gasteiger partial charge in [-0.15, -0.1) is 0 Å². The number of azo groups is 1. The number of anilines is 1. The number of hydrogen-bond donors (Lipinski definition) is 1. The average Bonchev–Trinajstić information content (AvgIpc) is 2.93. The van der Waals surface area contributed by atoms with Gasteiger partial charge in [0.2, 0.25) is 5.91 Å². The normalized spacial score (nSPS) is 11.2. The molecule has 0 aliphatic rings. The van der Waals surface area contributed by atoms with Crippen LogP contribution in [0.25, 0.3) is 16.6 Å². The number of aromatic nitrogens is 2. The summed E-state index contributed by atoms with van der Waals surface area (Å²) in [6.45, 7) is 0. The molecule has 0 saturated carbocycles. The summed E-state index contributed by atoms with van der Waals surface area (Å²) < 4.78 is 1.45. The second kappa shape index (κ2) is 11.2. The number of carbonyl (C=O) groups excluding carboxylic acids is 1. The highest BCUT2D eigenvalue weighted by molar-refractivity contribution is 7.99. The van der Waals surface area contributed by atoms with Crippen molar-refractivity contribution < 1.29 is 4.79 Å². The molecular formula is C28H20ClN5O2S. The molecule has 182 valence electrons. The van der Waals surface area contributed by atoms with Crippen LogP contribution >= 0.6 is 23.4 Å². The summed E-state index contributed by atoms with van der Waals surface area (Å²) in [5, 5.41) is 12.5. The lowest BCUT2D eigenvalue weighted by Crippen LogP contribution is -2.23. The van der Waals surface area contributed by atoms with Gasteiger partial charge < -0.3 is 5.32 Å². The Morgan fingerprint density at radius 3 is 2.24 bits per heavy atom. The van der Waals surface area contributed by atoms with E-state index in [2.05, 4.69) is 20.5 Å². The maximum absolute atomic E-state index is 13.3. The summed E-state index contributed by atoms with van der Waals surface area (Å²) in [4.78, 5) is 30.7. The zero-order valence-corrected chi connectivity index (χ0v) is 21.0. The van der Waals surface area contributed by atoms with E-state index < -0.39 is 0 Å². The van der Waals surface area contributed by atoms with Crippen molar-refractivity contribution in [1.82, 2.24) is 9.55 Å². The first-order chi connectivity index (χ1) is 18.1. The van der Waals surface area contributed by atoms with E-state index in [1.54, 1.807) is 66.7 Å². The molecule has 37 heavy (non-hydrogen) atoms. The van der Waals surface area contributed by atoms with Crippen molar-refractivity contribution in [2.24, 2.45) is 10.2 Å². The Morgan fingerprint density at radius 1 is 0.838 bits per heavy atom. The molecule has 4 aromatic carbocycles. The first-order valence-corrected chi connectivity index (χ1v) is 12.7. The van der Waals surface area contributed by atoms with Crippen LogP contribution in [0.5, 0.6) is 0 Å². The number of hydrogen-bond acceptors (Lipinski definition) is 6. The molecule has 0 fully saturated rings. The van der Waals surface area contributed by atoms with Crippen LogP contribution in [0.1, 0.15) is 0 Å². The lowest BCUT2D eigenvalue weighted by Gasteiger charge is -2.14. The predicted octanol–water partition coefficient (Wildman–Crippen LogP) is 7.19. The Morgan fingerprint density at radius 2 is 1.49 bits per heavy atom. The highest BCUT2D eigenvalue weighted by Gasteiger charge is 2.16. The van der Waals surface area contributed by atoms with Crippen molar-refractivity contribution in [1.29, 1.82) is 0 Å². The highest BCUT2D eigenvalue weighted by Crippen LogP contribution is 2.26. The van der Waals surface area contributed by atoms with Crippen molar-refractivity contribution in [3.63, 3.8) is 0 Å². The van der Waals surface area contributed by atoms with Crippen molar-refractivity contribution in [2.45, 2.75) is 5.16 Å². The van der Waals surface area contributed by atoms with E-state index in [1.165, 1.54) is 4.57 Å². The number of nitrogens with one attached hydrogen (secondary N) is 1. The Bertz CT molecular complexity index is 1650. The number of rotatable bonds is 7. The fourth-order valence-electron chi connectivity index (χ4n) is 3.60. The van der Waals surface area contributed by atoms with E-state index in [4.69, 9.17) is 11.6 Å². The minimum atomic E-state index is -0.248. The molecule has 0 aliphatic heterocycles. The van der Waals surface area contributed by atoms with Gasteiger partial charge in [0.15, 0.2) is 5.16 Å². The lowest BCUT2D eigenvalue weighted by atomic mass is 10.2. The molecule has 9 heteroatoms. The first-order valence-electron chi connectivity index (χ1n) is 11.3. The summed E-state index contributed by atoms with van der Waals surface area (Å²) in [7, 11) is 0. The summed E-state index contributed by atoms with van der Waals surface area (Å²) in [5.74, 6) is -0.193. The Kier molecular flexibility index (Phi) is 7.39. The number of nitrogens with zero attached hydrogens (tertiary/aromatic N) is 4. The van der Waals surface area contributed by atoms with Gasteiger partial charge in [-0.1, -0.05) is 65.8 Å². The molecule has 7 nitrogen and oxygen atoms in total. The van der Waals surface area contributed by atoms with Gasteiger partial charge >= 0.3 is 0 Å². The number of amides is 1. The van der Waals surface area contributed by atoms with E-state index in [0.717, 1.165) is 17.4 Å². The Balaban J connectivity index is 1.32. The maximum Gasteiger partial charge on any atom is 0.266 e. The second-order valence-electron chi connectivity index (χ2n) is 7.92. The third-order valence-electron chi connectivity index (χ3n) is 5.36. The Hall–Kier alpha value is -4.27. The van der Waals surface area contributed by atoms with Gasteiger partial charge in [-0.25, -0.2) is 4.98 Å². The molecule has 1 amide bonds. The van der Waals surface area contributed by atoms with Crippen LogP contribution < -0.4 is 10.9 Å². The standard InChI is InChI=1S/C28H20ClN5O2S/c29-23-11-5-7-13-25(23)34-27(36)22-10-4-6-12-24(22)31-28(34)37-18-26(35)30-19-14-16-21(17-15-19)33-32-20-8-2-1-3-9-20/h1-17H,18H2,(H,30,35). The summed E-state index contributed by atoms with van der Waals surface area (Å²) >= 11 is 7.57. The molecule has 5 aromatic rings. The number of benzene rings is 4. The molecule has 0 aliphatic carbocycles. The van der Waals surface area contributed by atoms with Crippen molar-refractivity contribution in [3.05, 3.63) is 119 Å². The number of halogens is 1. The van der Waals surface area contributed by atoms with Gasteiger partial charge in [-0.3, -0.25) is 14.2 Å². The van der Waals surface area contributed by atoms with Crippen LogP contribution in [-0.4, -0.2) is 21.2 Å². The van der Waals surface area contributed by atoms with Crippen LogP contribution in [0.15, 0.2) is 123 Å². The van der Waals surface area contributed by atoms with Crippen molar-refractivity contribution in [2.75, 3.05) is 11.1 Å². The smallest absolute Gasteiger partial charge is 0.266 e. The molecule has 0 bridgehead atoms. The Labute approximate surface area is 221 Å². The fraction of sp³-hybridized carbons (Fsp3) is 0.0357. The SMILES string of the molecule is O=C(CSc1nc2ccccc2c(=O)n1-c1ccccc1Cl)Nc1ccc(N=Nc2ccccc2)cc1. The van der Waals surface area contributed by atoms with Gasteiger partial charge in [0.25, 0.3) is 5.56 Å². The van der Waals surface area contributed by atoms with E-state index >= 15 is 0 Å². The lowest BCUT2D eigenvalue weighted by molar-refractivity contribution is -0.113. The van der Waals surface area contributed by atoms with Crippen molar-refractivity contribution >= 4 is 57.2 Å². The van der Waals surface area contributed by atoms with Crippen LogP contribution in [0.4, 0.5) is 17.1 Å². The molecule has 5 rings (SSSR count). The minimum absolute atomic E-state index is 0.0463. The molecule has 1 heterocycles. The monoisotopic (exact) mass is 525 g/mol.